The number of hydrogen-bond acceptors (Lipinski definition) is 3. The van der Waals surface area contributed by atoms with Gasteiger partial charge in [-0.25, -0.2) is 8.78 Å². The van der Waals surface area contributed by atoms with Crippen LogP contribution in [-0.2, 0) is 16.1 Å². The molecule has 0 bridgehead atoms. The Kier molecular flexibility index (Phi) is 5.80. The van der Waals surface area contributed by atoms with E-state index in [1.807, 2.05) is 26.0 Å². The SMILES string of the molecule is Cc1ccc(C2=C(Nc3ccc(F)c(F)c3)C(=O)N(Cc3ccc(Cl)cc3)C2=O)c(C)c1. The van der Waals surface area contributed by atoms with Crippen LogP contribution in [0.25, 0.3) is 5.57 Å². The molecule has 0 saturated carbocycles. The maximum absolute atomic E-state index is 13.7. The van der Waals surface area contributed by atoms with E-state index in [9.17, 15) is 18.4 Å². The molecule has 0 radical (unpaired) electrons. The first kappa shape index (κ1) is 21.7. The van der Waals surface area contributed by atoms with E-state index in [2.05, 4.69) is 5.32 Å². The molecule has 3 aromatic carbocycles. The van der Waals surface area contributed by atoms with E-state index < -0.39 is 23.4 Å². The van der Waals surface area contributed by atoms with Gasteiger partial charge in [0.05, 0.1) is 12.1 Å². The molecular weight excluding hydrogens is 434 g/mol. The molecule has 4 rings (SSSR count). The van der Waals surface area contributed by atoms with Crippen molar-refractivity contribution in [3.8, 4) is 0 Å². The van der Waals surface area contributed by atoms with E-state index in [0.717, 1.165) is 33.7 Å². The third-order valence-electron chi connectivity index (χ3n) is 5.26. The quantitative estimate of drug-likeness (QED) is 0.510. The minimum absolute atomic E-state index is 0.0157. The van der Waals surface area contributed by atoms with E-state index in [1.54, 1.807) is 30.3 Å². The summed E-state index contributed by atoms with van der Waals surface area (Å²) in [5.74, 6) is -3.08. The van der Waals surface area contributed by atoms with Gasteiger partial charge in [-0.2, -0.15) is 0 Å². The molecule has 0 unspecified atom stereocenters. The first-order chi connectivity index (χ1) is 15.2. The molecule has 3 aromatic rings. The van der Waals surface area contributed by atoms with Crippen molar-refractivity contribution in [3.63, 3.8) is 0 Å². The highest BCUT2D eigenvalue weighted by Gasteiger charge is 2.39. The van der Waals surface area contributed by atoms with Crippen molar-refractivity contribution < 1.29 is 18.4 Å². The molecule has 1 N–H and O–H groups in total. The van der Waals surface area contributed by atoms with Crippen LogP contribution in [0.15, 0.2) is 66.4 Å². The van der Waals surface area contributed by atoms with Crippen molar-refractivity contribution in [2.24, 2.45) is 0 Å². The third-order valence-corrected chi connectivity index (χ3v) is 5.51. The van der Waals surface area contributed by atoms with Crippen molar-refractivity contribution in [3.05, 3.63) is 105 Å². The molecule has 4 nitrogen and oxygen atoms in total. The van der Waals surface area contributed by atoms with Gasteiger partial charge in [0, 0.05) is 16.8 Å². The Morgan fingerprint density at radius 1 is 0.875 bits per heavy atom. The molecule has 162 valence electrons. The first-order valence-corrected chi connectivity index (χ1v) is 10.3. The number of hydrogen-bond donors (Lipinski definition) is 1. The summed E-state index contributed by atoms with van der Waals surface area (Å²) in [6.07, 6.45) is 0. The molecule has 0 saturated heterocycles. The van der Waals surface area contributed by atoms with Gasteiger partial charge >= 0.3 is 0 Å². The topological polar surface area (TPSA) is 49.4 Å². The maximum Gasteiger partial charge on any atom is 0.278 e. The Labute approximate surface area is 189 Å². The normalized spacial score (nSPS) is 13.8. The summed E-state index contributed by atoms with van der Waals surface area (Å²) in [5.41, 5.74) is 3.52. The number of rotatable bonds is 5. The zero-order chi connectivity index (χ0) is 23.0. The highest BCUT2D eigenvalue weighted by atomic mass is 35.5. The Bertz CT molecular complexity index is 1270. The van der Waals surface area contributed by atoms with Crippen LogP contribution in [0.3, 0.4) is 0 Å². The first-order valence-electron chi connectivity index (χ1n) is 9.89. The molecule has 0 fully saturated rings. The molecule has 1 aliphatic heterocycles. The summed E-state index contributed by atoms with van der Waals surface area (Å²) in [6, 6.07) is 15.6. The van der Waals surface area contributed by atoms with E-state index in [0.29, 0.717) is 10.6 Å². The minimum Gasteiger partial charge on any atom is -0.350 e. The second-order valence-electron chi connectivity index (χ2n) is 7.65. The van der Waals surface area contributed by atoms with E-state index in [1.165, 1.54) is 6.07 Å². The number of imide groups is 1. The Balaban J connectivity index is 1.77. The van der Waals surface area contributed by atoms with Gasteiger partial charge in [0.2, 0.25) is 0 Å². The van der Waals surface area contributed by atoms with Crippen LogP contribution < -0.4 is 5.32 Å². The number of benzene rings is 3. The lowest BCUT2D eigenvalue weighted by atomic mass is 9.97. The molecule has 0 atom stereocenters. The third kappa shape index (κ3) is 4.14. The van der Waals surface area contributed by atoms with Crippen molar-refractivity contribution >= 4 is 34.7 Å². The van der Waals surface area contributed by atoms with Crippen molar-refractivity contribution in [2.75, 3.05) is 5.32 Å². The lowest BCUT2D eigenvalue weighted by Crippen LogP contribution is -2.32. The van der Waals surface area contributed by atoms with Gasteiger partial charge in [-0.05, 0) is 54.8 Å². The lowest BCUT2D eigenvalue weighted by molar-refractivity contribution is -0.137. The second kappa shape index (κ2) is 8.55. The van der Waals surface area contributed by atoms with Gasteiger partial charge in [0.15, 0.2) is 11.6 Å². The summed E-state index contributed by atoms with van der Waals surface area (Å²) in [6.45, 7) is 3.83. The molecular formula is C25H19ClF2N2O2. The molecule has 32 heavy (non-hydrogen) atoms. The molecule has 7 heteroatoms. The van der Waals surface area contributed by atoms with E-state index in [4.69, 9.17) is 11.6 Å². The number of nitrogens with one attached hydrogen (secondary N) is 1. The highest BCUT2D eigenvalue weighted by Crippen LogP contribution is 2.33. The Morgan fingerprint density at radius 2 is 1.59 bits per heavy atom. The number of nitrogens with zero attached hydrogens (tertiary/aromatic N) is 1. The van der Waals surface area contributed by atoms with Crippen molar-refractivity contribution in [1.29, 1.82) is 0 Å². The van der Waals surface area contributed by atoms with Crippen LogP contribution in [0.1, 0.15) is 22.3 Å². The monoisotopic (exact) mass is 452 g/mol. The summed E-state index contributed by atoms with van der Waals surface area (Å²) < 4.78 is 27.1. The largest absolute Gasteiger partial charge is 0.350 e. The van der Waals surface area contributed by atoms with E-state index >= 15 is 0 Å². The van der Waals surface area contributed by atoms with Gasteiger partial charge in [-0.15, -0.1) is 0 Å². The summed E-state index contributed by atoms with van der Waals surface area (Å²) >= 11 is 5.93. The van der Waals surface area contributed by atoms with Gasteiger partial charge in [0.1, 0.15) is 5.70 Å². The highest BCUT2D eigenvalue weighted by molar-refractivity contribution is 6.36. The fourth-order valence-electron chi connectivity index (χ4n) is 3.67. The van der Waals surface area contributed by atoms with Gasteiger partial charge in [0.25, 0.3) is 11.8 Å². The fraction of sp³-hybridized carbons (Fsp3) is 0.120. The fourth-order valence-corrected chi connectivity index (χ4v) is 3.80. The van der Waals surface area contributed by atoms with Gasteiger partial charge in [-0.3, -0.25) is 14.5 Å². The summed E-state index contributed by atoms with van der Waals surface area (Å²) in [5, 5.41) is 3.39. The number of amides is 2. The molecule has 2 amide bonds. The number of aryl methyl sites for hydroxylation is 2. The Morgan fingerprint density at radius 3 is 2.25 bits per heavy atom. The molecule has 0 aromatic heterocycles. The van der Waals surface area contributed by atoms with Crippen LogP contribution in [0.4, 0.5) is 14.5 Å². The zero-order valence-corrected chi connectivity index (χ0v) is 18.1. The van der Waals surface area contributed by atoms with Crippen LogP contribution in [0.2, 0.25) is 5.02 Å². The average molecular weight is 453 g/mol. The average Bonchev–Trinajstić information content (AvgIpc) is 2.97. The molecule has 0 aliphatic carbocycles. The predicted octanol–water partition coefficient (Wildman–Crippen LogP) is 5.63. The van der Waals surface area contributed by atoms with Crippen LogP contribution in [0, 0.1) is 25.5 Å². The number of carbonyl (C=O) groups excluding carboxylic acids is 2. The van der Waals surface area contributed by atoms with Gasteiger partial charge in [-0.1, -0.05) is 47.5 Å². The van der Waals surface area contributed by atoms with Crippen molar-refractivity contribution in [1.82, 2.24) is 4.90 Å². The molecule has 1 aliphatic rings. The van der Waals surface area contributed by atoms with Crippen LogP contribution >= 0.6 is 11.6 Å². The molecule has 0 spiro atoms. The van der Waals surface area contributed by atoms with Crippen LogP contribution in [0.5, 0.6) is 0 Å². The standard InChI is InChI=1S/C25H19ClF2N2O2/c1-14-3-9-19(15(2)11-14)22-23(29-18-8-10-20(27)21(28)12-18)25(32)30(24(22)31)13-16-4-6-17(26)7-5-16/h3-12,29H,13H2,1-2H3. The predicted molar refractivity (Wildman–Crippen MR) is 120 cm³/mol. The minimum atomic E-state index is -1.06. The zero-order valence-electron chi connectivity index (χ0n) is 17.4. The summed E-state index contributed by atoms with van der Waals surface area (Å²) in [4.78, 5) is 27.8. The number of halogens is 3. The van der Waals surface area contributed by atoms with Gasteiger partial charge < -0.3 is 5.32 Å². The van der Waals surface area contributed by atoms with Crippen LogP contribution in [-0.4, -0.2) is 16.7 Å². The maximum atomic E-state index is 13.7. The number of anilines is 1. The lowest BCUT2D eigenvalue weighted by Gasteiger charge is -2.16. The van der Waals surface area contributed by atoms with E-state index in [-0.39, 0.29) is 23.5 Å². The smallest absolute Gasteiger partial charge is 0.278 e. The number of carbonyl (C=O) groups is 2. The van der Waals surface area contributed by atoms with Crippen molar-refractivity contribution in [2.45, 2.75) is 20.4 Å². The molecule has 1 heterocycles. The Hall–Kier alpha value is -3.51. The second-order valence-corrected chi connectivity index (χ2v) is 8.08. The summed E-state index contributed by atoms with van der Waals surface area (Å²) in [7, 11) is 0.